The van der Waals surface area contributed by atoms with Crippen LogP contribution in [-0.4, -0.2) is 12.9 Å². The molecule has 2 N–H and O–H groups in total. The molecule has 2 heteroatoms. The van der Waals surface area contributed by atoms with E-state index in [1.165, 1.54) is 11.9 Å². The van der Waals surface area contributed by atoms with E-state index in [0.717, 1.165) is 19.4 Å². The summed E-state index contributed by atoms with van der Waals surface area (Å²) in [7, 11) is 0. The molecule has 0 saturated heterocycles. The molecule has 2 nitrogen and oxygen atoms in total. The minimum absolute atomic E-state index is 0.613. The fourth-order valence-corrected chi connectivity index (χ4v) is 0.829. The first-order valence-corrected chi connectivity index (χ1v) is 4.06. The van der Waals surface area contributed by atoms with Crippen LogP contribution in [0.5, 0.6) is 0 Å². The van der Waals surface area contributed by atoms with Gasteiger partial charge in [0, 0.05) is 6.54 Å². The van der Waals surface area contributed by atoms with Gasteiger partial charge in [-0.15, -0.1) is 0 Å². The van der Waals surface area contributed by atoms with Gasteiger partial charge >= 0.3 is 0 Å². The molecule has 11 heavy (non-hydrogen) atoms. The van der Waals surface area contributed by atoms with Crippen LogP contribution in [0.15, 0.2) is 12.2 Å². The van der Waals surface area contributed by atoms with Crippen molar-refractivity contribution in [3.63, 3.8) is 0 Å². The molecule has 0 radical (unpaired) electrons. The third-order valence-corrected chi connectivity index (χ3v) is 1.90. The quantitative estimate of drug-likeness (QED) is 0.261. The third-order valence-electron chi connectivity index (χ3n) is 1.90. The van der Waals surface area contributed by atoms with E-state index in [-0.39, 0.29) is 0 Å². The van der Waals surface area contributed by atoms with Crippen LogP contribution in [0, 0.1) is 11.3 Å². The summed E-state index contributed by atoms with van der Waals surface area (Å²) in [4.78, 5) is 0. The van der Waals surface area contributed by atoms with Gasteiger partial charge in [0.15, 0.2) is 0 Å². The van der Waals surface area contributed by atoms with Crippen molar-refractivity contribution >= 4 is 6.34 Å². The van der Waals surface area contributed by atoms with Crippen molar-refractivity contribution in [3.8, 4) is 0 Å². The van der Waals surface area contributed by atoms with E-state index in [0.29, 0.717) is 5.92 Å². The Balaban J connectivity index is 3.24. The van der Waals surface area contributed by atoms with Crippen molar-refractivity contribution in [2.45, 2.75) is 26.7 Å². The topological polar surface area (TPSA) is 35.9 Å². The van der Waals surface area contributed by atoms with E-state index in [9.17, 15) is 0 Å². The highest BCUT2D eigenvalue weighted by molar-refractivity contribution is 5.49. The number of hydrogen-bond donors (Lipinski definition) is 2. The lowest BCUT2D eigenvalue weighted by Gasteiger charge is -2.09. The highest BCUT2D eigenvalue weighted by atomic mass is 14.9. The first kappa shape index (κ1) is 10.2. The predicted octanol–water partition coefficient (Wildman–Crippen LogP) is 2.18. The summed E-state index contributed by atoms with van der Waals surface area (Å²) in [6.45, 7) is 9.04. The van der Waals surface area contributed by atoms with E-state index in [4.69, 9.17) is 5.41 Å². The summed E-state index contributed by atoms with van der Waals surface area (Å²) in [6, 6.07) is 0. The minimum atomic E-state index is 0.613. The fourth-order valence-electron chi connectivity index (χ4n) is 0.829. The van der Waals surface area contributed by atoms with Gasteiger partial charge in [0.2, 0.25) is 0 Å². The second kappa shape index (κ2) is 5.96. The smallest absolute Gasteiger partial charge is 0.0791 e. The average molecular weight is 154 g/mol. The standard InChI is InChI=1S/C9H18N2/c1-8(2)9(3)5-4-6-11-7-10/h7,9H,1,4-6H2,2-3H3,(H2,10,11). The van der Waals surface area contributed by atoms with E-state index in [1.54, 1.807) is 0 Å². The molecule has 0 aromatic carbocycles. The molecular formula is C9H18N2. The summed E-state index contributed by atoms with van der Waals surface area (Å²) in [5.74, 6) is 0.613. The number of nitrogens with one attached hydrogen (secondary N) is 2. The first-order chi connectivity index (χ1) is 5.18. The van der Waals surface area contributed by atoms with Crippen molar-refractivity contribution in [2.75, 3.05) is 6.54 Å². The molecule has 0 aliphatic heterocycles. The molecule has 1 unspecified atom stereocenters. The van der Waals surface area contributed by atoms with Gasteiger partial charge < -0.3 is 5.32 Å². The molecule has 0 aromatic rings. The van der Waals surface area contributed by atoms with Gasteiger partial charge in [-0.25, -0.2) is 0 Å². The van der Waals surface area contributed by atoms with Crippen molar-refractivity contribution in [2.24, 2.45) is 5.92 Å². The van der Waals surface area contributed by atoms with Crippen molar-refractivity contribution in [1.29, 1.82) is 5.41 Å². The van der Waals surface area contributed by atoms with Crippen LogP contribution in [0.3, 0.4) is 0 Å². The molecule has 1 atom stereocenters. The summed E-state index contributed by atoms with van der Waals surface area (Å²) in [5.41, 5.74) is 1.25. The van der Waals surface area contributed by atoms with Gasteiger partial charge in [-0.1, -0.05) is 19.1 Å². The highest BCUT2D eigenvalue weighted by Gasteiger charge is 2.00. The summed E-state index contributed by atoms with van der Waals surface area (Å²) in [6.07, 6.45) is 3.52. The maximum Gasteiger partial charge on any atom is 0.0791 e. The molecule has 0 fully saturated rings. The predicted molar refractivity (Wildman–Crippen MR) is 50.0 cm³/mol. The van der Waals surface area contributed by atoms with E-state index < -0.39 is 0 Å². The number of allylic oxidation sites excluding steroid dienone is 1. The number of rotatable bonds is 6. The molecule has 0 amide bonds. The Morgan fingerprint density at radius 1 is 1.73 bits per heavy atom. The summed E-state index contributed by atoms with van der Waals surface area (Å²) >= 11 is 0. The third kappa shape index (κ3) is 5.64. The Bertz CT molecular complexity index is 130. The molecule has 0 aromatic heterocycles. The highest BCUT2D eigenvalue weighted by Crippen LogP contribution is 2.12. The average Bonchev–Trinajstić information content (AvgIpc) is 1.97. The van der Waals surface area contributed by atoms with E-state index in [1.807, 2.05) is 0 Å². The van der Waals surface area contributed by atoms with Crippen LogP contribution in [0.1, 0.15) is 26.7 Å². The Hall–Kier alpha value is -0.790. The zero-order valence-corrected chi connectivity index (χ0v) is 7.48. The Kier molecular flexibility index (Phi) is 5.53. The van der Waals surface area contributed by atoms with Gasteiger partial charge in [-0.3, -0.25) is 5.41 Å². The lowest BCUT2D eigenvalue weighted by atomic mass is 9.99. The molecule has 0 bridgehead atoms. The van der Waals surface area contributed by atoms with Crippen LogP contribution in [0.4, 0.5) is 0 Å². The molecule has 0 saturated carbocycles. The van der Waals surface area contributed by atoms with Gasteiger partial charge in [0.05, 0.1) is 6.34 Å². The number of hydrogen-bond acceptors (Lipinski definition) is 1. The Morgan fingerprint density at radius 3 is 2.82 bits per heavy atom. The summed E-state index contributed by atoms with van der Waals surface area (Å²) < 4.78 is 0. The maximum atomic E-state index is 6.72. The van der Waals surface area contributed by atoms with Crippen LogP contribution >= 0.6 is 0 Å². The molecular weight excluding hydrogens is 136 g/mol. The lowest BCUT2D eigenvalue weighted by Crippen LogP contribution is -2.12. The largest absolute Gasteiger partial charge is 0.377 e. The maximum absolute atomic E-state index is 6.72. The van der Waals surface area contributed by atoms with Crippen LogP contribution < -0.4 is 5.32 Å². The molecule has 0 aliphatic rings. The molecule has 64 valence electrons. The molecule has 0 aliphatic carbocycles. The van der Waals surface area contributed by atoms with Gasteiger partial charge in [-0.2, -0.15) is 0 Å². The van der Waals surface area contributed by atoms with Crippen LogP contribution in [-0.2, 0) is 0 Å². The zero-order valence-electron chi connectivity index (χ0n) is 7.48. The van der Waals surface area contributed by atoms with Gasteiger partial charge in [0.25, 0.3) is 0 Å². The second-order valence-electron chi connectivity index (χ2n) is 2.99. The molecule has 0 heterocycles. The van der Waals surface area contributed by atoms with Gasteiger partial charge in [0.1, 0.15) is 0 Å². The molecule has 0 spiro atoms. The van der Waals surface area contributed by atoms with Crippen molar-refractivity contribution in [1.82, 2.24) is 5.32 Å². The summed E-state index contributed by atoms with van der Waals surface area (Å²) in [5, 5.41) is 9.57. The lowest BCUT2D eigenvalue weighted by molar-refractivity contribution is 0.576. The fraction of sp³-hybridized carbons (Fsp3) is 0.667. The first-order valence-electron chi connectivity index (χ1n) is 4.06. The van der Waals surface area contributed by atoms with E-state index >= 15 is 0 Å². The zero-order chi connectivity index (χ0) is 8.69. The van der Waals surface area contributed by atoms with Crippen LogP contribution in [0.2, 0.25) is 0 Å². The van der Waals surface area contributed by atoms with Crippen molar-refractivity contribution < 1.29 is 0 Å². The molecule has 0 rings (SSSR count). The Labute approximate surface area is 69.2 Å². The monoisotopic (exact) mass is 154 g/mol. The normalized spacial score (nSPS) is 12.2. The van der Waals surface area contributed by atoms with Crippen molar-refractivity contribution in [3.05, 3.63) is 12.2 Å². The second-order valence-corrected chi connectivity index (χ2v) is 2.99. The minimum Gasteiger partial charge on any atom is -0.377 e. The van der Waals surface area contributed by atoms with Gasteiger partial charge in [-0.05, 0) is 25.7 Å². The Morgan fingerprint density at radius 2 is 2.36 bits per heavy atom. The van der Waals surface area contributed by atoms with E-state index in [2.05, 4.69) is 25.7 Å². The van der Waals surface area contributed by atoms with Crippen LogP contribution in [0.25, 0.3) is 0 Å². The SMILES string of the molecule is C=C(C)C(C)CCCNC=N.